The van der Waals surface area contributed by atoms with Crippen LogP contribution in [0.5, 0.6) is 11.5 Å². The van der Waals surface area contributed by atoms with E-state index in [-0.39, 0.29) is 0 Å². The minimum absolute atomic E-state index is 0.583. The molecule has 0 saturated heterocycles. The summed E-state index contributed by atoms with van der Waals surface area (Å²) >= 11 is 0. The number of hydrogen-bond donors (Lipinski definition) is 4. The zero-order chi connectivity index (χ0) is 30.1. The second-order valence-corrected chi connectivity index (χ2v) is 8.38. The molecule has 0 amide bonds. The largest absolute Gasteiger partial charge is 0.481 e. The quantitative estimate of drug-likeness (QED) is 0.168. The van der Waals surface area contributed by atoms with Gasteiger partial charge in [-0.1, -0.05) is 12.1 Å². The molecule has 2 rings (SSSR count). The van der Waals surface area contributed by atoms with Gasteiger partial charge in [-0.2, -0.15) is 0 Å². The molecule has 11 nitrogen and oxygen atoms in total. The minimum Gasteiger partial charge on any atom is -0.481 e. The van der Waals surface area contributed by atoms with Gasteiger partial charge in [0.05, 0.1) is 12.1 Å². The minimum atomic E-state index is -2.66. The Morgan fingerprint density at radius 2 is 0.925 bits per heavy atom. The highest BCUT2D eigenvalue weighted by molar-refractivity contribution is 6.18. The highest BCUT2D eigenvalue weighted by Gasteiger charge is 2.44. The fourth-order valence-electron chi connectivity index (χ4n) is 3.31. The van der Waals surface area contributed by atoms with Gasteiger partial charge in [-0.05, 0) is 37.1 Å². The van der Waals surface area contributed by atoms with Crippen LogP contribution in [0.25, 0.3) is 0 Å². The molecule has 40 heavy (non-hydrogen) atoms. The summed E-state index contributed by atoms with van der Waals surface area (Å²) in [6.07, 6.45) is -7.85. The van der Waals surface area contributed by atoms with E-state index in [9.17, 15) is 41.5 Å². The lowest BCUT2D eigenvalue weighted by molar-refractivity contribution is -0.146. The summed E-state index contributed by atoms with van der Waals surface area (Å²) in [7, 11) is 0. The third-order valence-electron chi connectivity index (χ3n) is 5.41. The number of hydrogen-bond acceptors (Lipinski definition) is 9. The number of benzene rings is 2. The molecule has 0 spiro atoms. The Bertz CT molecular complexity index is 1150. The Labute approximate surface area is 223 Å². The average molecular weight is 572 g/mol. The number of carboxylic acids is 2. The van der Waals surface area contributed by atoms with Gasteiger partial charge in [-0.3, -0.25) is 24.0 Å². The first kappa shape index (κ1) is 31.8. The first-order valence-corrected chi connectivity index (χ1v) is 11.5. The van der Waals surface area contributed by atoms with Crippen molar-refractivity contribution in [1.29, 1.82) is 0 Å². The fraction of sp³-hybridized carbons (Fsp3) is 0.320. The van der Waals surface area contributed by atoms with Crippen molar-refractivity contribution in [2.75, 3.05) is 0 Å². The molecular weight excluding hydrogens is 548 g/mol. The number of rotatable bonds is 16. The number of nitrogens with two attached hydrogens (primary N) is 2. The number of halogens is 4. The fourth-order valence-corrected chi connectivity index (χ4v) is 3.31. The third-order valence-corrected chi connectivity index (χ3v) is 5.41. The highest BCUT2D eigenvalue weighted by Crippen LogP contribution is 2.26. The second kappa shape index (κ2) is 14.1. The number of ether oxygens (including phenoxy) is 2. The lowest BCUT2D eigenvalue weighted by Crippen LogP contribution is -2.55. The zero-order valence-corrected chi connectivity index (χ0v) is 20.5. The normalized spacial score (nSPS) is 13.9. The molecule has 4 atom stereocenters. The number of carbonyl (C=O) groups is 5. The number of Topliss-reactive ketones (excluding diaryl/α,β-unsaturated/α-hetero) is 3. The number of aliphatic carboxylic acids is 2. The molecule has 15 heteroatoms. The Morgan fingerprint density at radius 3 is 1.20 bits per heavy atom. The predicted octanol–water partition coefficient (Wildman–Crippen LogP) is 1.53. The summed E-state index contributed by atoms with van der Waals surface area (Å²) in [5, 5.41) is 17.7. The van der Waals surface area contributed by atoms with Crippen LogP contribution in [0.15, 0.2) is 36.4 Å². The molecule has 0 aromatic heterocycles. The van der Waals surface area contributed by atoms with Crippen molar-refractivity contribution in [3.05, 3.63) is 59.7 Å². The topological polar surface area (TPSA) is 196 Å². The summed E-state index contributed by atoms with van der Waals surface area (Å²) in [5.41, 5.74) is 11.4. The Balaban J connectivity index is 2.59. The molecule has 216 valence electrons. The van der Waals surface area contributed by atoms with Crippen molar-refractivity contribution in [2.24, 2.45) is 11.5 Å². The maximum absolute atomic E-state index is 14.3. The van der Waals surface area contributed by atoms with Crippen LogP contribution in [0.3, 0.4) is 0 Å². The maximum atomic E-state index is 14.3. The molecule has 0 bridgehead atoms. The Morgan fingerprint density at radius 1 is 0.625 bits per heavy atom. The Kier molecular flexibility index (Phi) is 11.3. The molecule has 2 unspecified atom stereocenters. The molecule has 0 aliphatic heterocycles. The summed E-state index contributed by atoms with van der Waals surface area (Å²) in [6, 6.07) is 1.06. The van der Waals surface area contributed by atoms with Gasteiger partial charge >= 0.3 is 11.9 Å². The molecule has 2 aromatic rings. The van der Waals surface area contributed by atoms with Crippen LogP contribution in [0, 0.1) is 23.3 Å². The molecule has 0 fully saturated rings. The molecule has 0 aliphatic rings. The highest BCUT2D eigenvalue weighted by atomic mass is 19.1. The van der Waals surface area contributed by atoms with Crippen molar-refractivity contribution < 1.29 is 61.2 Å². The monoisotopic (exact) mass is 572 g/mol. The van der Waals surface area contributed by atoms with Gasteiger partial charge in [0.1, 0.15) is 0 Å². The summed E-state index contributed by atoms with van der Waals surface area (Å²) in [4.78, 5) is 61.5. The number of carboxylic acid groups (broad SMARTS) is 2. The lowest BCUT2D eigenvalue weighted by atomic mass is 9.93. The molecule has 0 heterocycles. The molecular formula is C25H24F4N2O9. The summed E-state index contributed by atoms with van der Waals surface area (Å²) in [5.74, 6) is -15.6. The van der Waals surface area contributed by atoms with Gasteiger partial charge in [-0.25, -0.2) is 17.6 Å². The molecule has 0 saturated carbocycles. The van der Waals surface area contributed by atoms with Gasteiger partial charge in [0.2, 0.25) is 18.0 Å². The van der Waals surface area contributed by atoms with Crippen molar-refractivity contribution in [2.45, 2.75) is 50.0 Å². The summed E-state index contributed by atoms with van der Waals surface area (Å²) < 4.78 is 67.4. The van der Waals surface area contributed by atoms with E-state index in [1.165, 1.54) is 0 Å². The first-order valence-electron chi connectivity index (χ1n) is 11.5. The van der Waals surface area contributed by atoms with Crippen molar-refractivity contribution in [3.63, 3.8) is 0 Å². The first-order chi connectivity index (χ1) is 18.7. The van der Waals surface area contributed by atoms with E-state index in [0.717, 1.165) is 12.1 Å². The number of ketones is 3. The van der Waals surface area contributed by atoms with Crippen LogP contribution in [-0.4, -0.2) is 63.8 Å². The van der Waals surface area contributed by atoms with Crippen LogP contribution in [0.2, 0.25) is 0 Å². The lowest BCUT2D eigenvalue weighted by Gasteiger charge is -2.26. The van der Waals surface area contributed by atoms with Crippen LogP contribution < -0.4 is 20.9 Å². The van der Waals surface area contributed by atoms with E-state index in [1.807, 2.05) is 0 Å². The van der Waals surface area contributed by atoms with Crippen LogP contribution in [-0.2, 0) is 24.0 Å². The number of para-hydroxylation sites is 2. The second-order valence-electron chi connectivity index (χ2n) is 8.38. The standard InChI is InChI=1S/C25H24F4N2O9/c26-11-3-1-4-12(27)22(11)39-24(19(36)15(30)7-9-17(32)33)21(38)25(20(37)16(31)8-10-18(34)35)40-23-13(28)5-2-6-14(23)29/h1-6,15-16,24-25H,7-10,30-31H2,(H,32,33)(H,34,35)/t15-,16-,24?,25?/m0/s1. The van der Waals surface area contributed by atoms with E-state index in [2.05, 4.69) is 0 Å². The van der Waals surface area contributed by atoms with Gasteiger partial charge in [0.25, 0.3) is 0 Å². The smallest absolute Gasteiger partial charge is 0.303 e. The SMILES string of the molecule is N[C@@H](CCC(=O)O)C(=O)C(Oc1c(F)cccc1F)C(=O)C(Oc1c(F)cccc1F)C(=O)[C@@H](N)CCC(=O)O. The summed E-state index contributed by atoms with van der Waals surface area (Å²) in [6.45, 7) is 0. The van der Waals surface area contributed by atoms with E-state index in [0.29, 0.717) is 24.3 Å². The van der Waals surface area contributed by atoms with Crippen LogP contribution in [0.4, 0.5) is 17.6 Å². The van der Waals surface area contributed by atoms with Crippen LogP contribution in [0.1, 0.15) is 25.7 Å². The molecule has 0 aliphatic carbocycles. The van der Waals surface area contributed by atoms with Crippen molar-refractivity contribution >= 4 is 29.3 Å². The van der Waals surface area contributed by atoms with Crippen molar-refractivity contribution in [3.8, 4) is 11.5 Å². The predicted molar refractivity (Wildman–Crippen MR) is 126 cm³/mol. The molecule has 0 radical (unpaired) electrons. The number of carbonyl (C=O) groups excluding carboxylic acids is 3. The van der Waals surface area contributed by atoms with Crippen LogP contribution >= 0.6 is 0 Å². The van der Waals surface area contributed by atoms with E-state index in [1.54, 1.807) is 0 Å². The van der Waals surface area contributed by atoms with E-state index in [4.69, 9.17) is 31.2 Å². The molecule has 2 aromatic carbocycles. The van der Waals surface area contributed by atoms with Crippen molar-refractivity contribution in [1.82, 2.24) is 0 Å². The van der Waals surface area contributed by atoms with Gasteiger partial charge in [0.15, 0.2) is 46.3 Å². The molecule has 6 N–H and O–H groups in total. The van der Waals surface area contributed by atoms with Gasteiger partial charge in [-0.15, -0.1) is 0 Å². The Hall–Kier alpha value is -4.37. The van der Waals surface area contributed by atoms with Gasteiger partial charge < -0.3 is 31.2 Å². The van der Waals surface area contributed by atoms with Gasteiger partial charge in [0, 0.05) is 12.8 Å². The average Bonchev–Trinajstić information content (AvgIpc) is 2.89. The van der Waals surface area contributed by atoms with E-state index < -0.39 is 114 Å². The third kappa shape index (κ3) is 8.31. The van der Waals surface area contributed by atoms with E-state index >= 15 is 0 Å². The maximum Gasteiger partial charge on any atom is 0.303 e. The zero-order valence-electron chi connectivity index (χ0n) is 20.5.